The van der Waals surface area contributed by atoms with Crippen molar-refractivity contribution in [3.8, 4) is 0 Å². The second-order valence-corrected chi connectivity index (χ2v) is 8.51. The maximum Gasteiger partial charge on any atom is 0.338 e. The molecule has 1 aromatic heterocycles. The molecule has 0 aliphatic rings. The molecule has 0 spiro atoms. The van der Waals surface area contributed by atoms with Crippen molar-refractivity contribution in [2.24, 2.45) is 0 Å². The van der Waals surface area contributed by atoms with Gasteiger partial charge >= 0.3 is 5.97 Å². The van der Waals surface area contributed by atoms with E-state index in [4.69, 9.17) is 4.74 Å². The highest BCUT2D eigenvalue weighted by atomic mass is 16.5. The van der Waals surface area contributed by atoms with Crippen LogP contribution in [0.25, 0.3) is 0 Å². The maximum atomic E-state index is 12.6. The van der Waals surface area contributed by atoms with E-state index in [1.54, 1.807) is 36.4 Å². The molecule has 0 aliphatic carbocycles. The van der Waals surface area contributed by atoms with Crippen molar-refractivity contribution in [3.05, 3.63) is 95.8 Å². The number of carbonyl (C=O) groups excluding carboxylic acids is 2. The number of ether oxygens (including phenoxy) is 1. The topological polar surface area (TPSA) is 48.3 Å². The SMILES string of the molecule is O=C(OCCCCCCCCCCCn1cccc1)c1cccc(C(=O)c2ccccc2)c1. The predicted molar refractivity (Wildman–Crippen MR) is 133 cm³/mol. The molecule has 0 unspecified atom stereocenters. The molecular weight excluding hydrogens is 410 g/mol. The lowest BCUT2D eigenvalue weighted by molar-refractivity contribution is 0.0497. The van der Waals surface area contributed by atoms with Crippen molar-refractivity contribution >= 4 is 11.8 Å². The molecule has 0 saturated heterocycles. The number of unbranched alkanes of at least 4 members (excludes halogenated alkanes) is 8. The smallest absolute Gasteiger partial charge is 0.338 e. The molecular formula is C29H35NO3. The first kappa shape index (κ1) is 24.5. The lowest BCUT2D eigenvalue weighted by Gasteiger charge is -2.07. The highest BCUT2D eigenvalue weighted by Crippen LogP contribution is 2.14. The summed E-state index contributed by atoms with van der Waals surface area (Å²) in [5.41, 5.74) is 1.54. The van der Waals surface area contributed by atoms with Gasteiger partial charge in [-0.05, 0) is 37.1 Å². The molecule has 0 bridgehead atoms. The lowest BCUT2D eigenvalue weighted by atomic mass is 10.0. The summed E-state index contributed by atoms with van der Waals surface area (Å²) in [5.74, 6) is -0.455. The van der Waals surface area contributed by atoms with Crippen molar-refractivity contribution in [2.45, 2.75) is 64.3 Å². The Labute approximate surface area is 197 Å². The minimum Gasteiger partial charge on any atom is -0.462 e. The number of nitrogens with zero attached hydrogens (tertiary/aromatic N) is 1. The second kappa shape index (κ2) is 14.1. The average molecular weight is 446 g/mol. The number of carbonyl (C=O) groups is 2. The Balaban J connectivity index is 1.23. The molecule has 0 N–H and O–H groups in total. The van der Waals surface area contributed by atoms with E-state index < -0.39 is 0 Å². The monoisotopic (exact) mass is 445 g/mol. The number of aryl methyl sites for hydroxylation is 1. The first-order valence-electron chi connectivity index (χ1n) is 12.2. The molecule has 0 saturated carbocycles. The quantitative estimate of drug-likeness (QED) is 0.143. The van der Waals surface area contributed by atoms with Gasteiger partial charge in [-0.15, -0.1) is 0 Å². The number of esters is 1. The zero-order chi connectivity index (χ0) is 23.1. The van der Waals surface area contributed by atoms with Crippen LogP contribution in [0.1, 0.15) is 84.1 Å². The van der Waals surface area contributed by atoms with Crippen LogP contribution in [-0.2, 0) is 11.3 Å². The third-order valence-corrected chi connectivity index (χ3v) is 5.86. The summed E-state index contributed by atoms with van der Waals surface area (Å²) in [6.45, 7) is 1.55. The van der Waals surface area contributed by atoms with Gasteiger partial charge in [0.25, 0.3) is 0 Å². The largest absolute Gasteiger partial charge is 0.462 e. The van der Waals surface area contributed by atoms with Crippen molar-refractivity contribution in [3.63, 3.8) is 0 Å². The van der Waals surface area contributed by atoms with Crippen molar-refractivity contribution in [2.75, 3.05) is 6.61 Å². The van der Waals surface area contributed by atoms with Gasteiger partial charge in [-0.3, -0.25) is 4.79 Å². The van der Waals surface area contributed by atoms with E-state index >= 15 is 0 Å². The van der Waals surface area contributed by atoms with Gasteiger partial charge in [-0.25, -0.2) is 4.79 Å². The van der Waals surface area contributed by atoms with Crippen LogP contribution in [0.2, 0.25) is 0 Å². The first-order chi connectivity index (χ1) is 16.2. The summed E-state index contributed by atoms with van der Waals surface area (Å²) in [4.78, 5) is 24.9. The molecule has 4 nitrogen and oxygen atoms in total. The molecule has 174 valence electrons. The van der Waals surface area contributed by atoms with E-state index in [-0.39, 0.29) is 11.8 Å². The fraction of sp³-hybridized carbons (Fsp3) is 0.379. The first-order valence-corrected chi connectivity index (χ1v) is 12.2. The molecule has 0 fully saturated rings. The van der Waals surface area contributed by atoms with Gasteiger partial charge < -0.3 is 9.30 Å². The Kier molecular flexibility index (Phi) is 10.5. The van der Waals surface area contributed by atoms with Gasteiger partial charge in [0, 0.05) is 30.1 Å². The second-order valence-electron chi connectivity index (χ2n) is 8.51. The predicted octanol–water partition coefficient (Wildman–Crippen LogP) is 7.09. The van der Waals surface area contributed by atoms with Gasteiger partial charge in [-0.2, -0.15) is 0 Å². The summed E-state index contributed by atoms with van der Waals surface area (Å²) in [7, 11) is 0. The Morgan fingerprint density at radius 1 is 0.606 bits per heavy atom. The molecule has 0 amide bonds. The number of ketones is 1. The molecule has 33 heavy (non-hydrogen) atoms. The van der Waals surface area contributed by atoms with Crippen LogP contribution < -0.4 is 0 Å². The van der Waals surface area contributed by atoms with E-state index in [2.05, 4.69) is 29.1 Å². The molecule has 4 heteroatoms. The van der Waals surface area contributed by atoms with Crippen molar-refractivity contribution in [1.82, 2.24) is 4.57 Å². The van der Waals surface area contributed by atoms with Crippen LogP contribution in [0.5, 0.6) is 0 Å². The van der Waals surface area contributed by atoms with Crippen LogP contribution in [0, 0.1) is 0 Å². The van der Waals surface area contributed by atoms with E-state index in [1.807, 2.05) is 18.2 Å². The summed E-state index contributed by atoms with van der Waals surface area (Å²) >= 11 is 0. The van der Waals surface area contributed by atoms with E-state index in [0.717, 1.165) is 19.4 Å². The standard InChI is InChI=1S/C29H35NO3/c31-28(25-16-9-8-10-17-25)26-18-15-19-27(24-26)29(32)33-23-14-7-5-3-1-2-4-6-11-20-30-21-12-13-22-30/h8-10,12-13,15-19,21-22,24H,1-7,11,14,20,23H2. The zero-order valence-electron chi connectivity index (χ0n) is 19.5. The third kappa shape index (κ3) is 8.72. The number of hydrogen-bond acceptors (Lipinski definition) is 3. The van der Waals surface area contributed by atoms with Gasteiger partial charge in [-0.1, -0.05) is 87.4 Å². The summed E-state index contributed by atoms with van der Waals surface area (Å²) in [6, 6.07) is 20.0. The maximum absolute atomic E-state index is 12.6. The zero-order valence-corrected chi connectivity index (χ0v) is 19.5. The fourth-order valence-electron chi connectivity index (χ4n) is 3.94. The number of rotatable bonds is 15. The third-order valence-electron chi connectivity index (χ3n) is 5.86. The molecule has 3 aromatic rings. The van der Waals surface area contributed by atoms with E-state index in [1.165, 1.54) is 44.9 Å². The highest BCUT2D eigenvalue weighted by Gasteiger charge is 2.13. The van der Waals surface area contributed by atoms with Gasteiger partial charge in [0.2, 0.25) is 0 Å². The number of hydrogen-bond donors (Lipinski definition) is 0. The summed E-state index contributed by atoms with van der Waals surface area (Å²) in [5, 5.41) is 0. The van der Waals surface area contributed by atoms with Crippen LogP contribution in [0.4, 0.5) is 0 Å². The molecule has 1 heterocycles. The Bertz CT molecular complexity index is 964. The van der Waals surface area contributed by atoms with Crippen LogP contribution >= 0.6 is 0 Å². The van der Waals surface area contributed by atoms with E-state index in [0.29, 0.717) is 23.3 Å². The van der Waals surface area contributed by atoms with Crippen molar-refractivity contribution in [1.29, 1.82) is 0 Å². The number of aromatic nitrogens is 1. The van der Waals surface area contributed by atoms with Crippen LogP contribution in [0.15, 0.2) is 79.1 Å². The van der Waals surface area contributed by atoms with Crippen molar-refractivity contribution < 1.29 is 14.3 Å². The molecule has 0 radical (unpaired) electrons. The van der Waals surface area contributed by atoms with Gasteiger partial charge in [0.15, 0.2) is 5.78 Å². The van der Waals surface area contributed by atoms with Crippen LogP contribution in [-0.4, -0.2) is 22.9 Å². The molecule has 3 rings (SSSR count). The molecule has 2 aromatic carbocycles. The number of benzene rings is 2. The Morgan fingerprint density at radius 3 is 1.88 bits per heavy atom. The normalized spacial score (nSPS) is 10.8. The molecule has 0 atom stereocenters. The Morgan fingerprint density at radius 2 is 1.18 bits per heavy atom. The van der Waals surface area contributed by atoms with Crippen LogP contribution in [0.3, 0.4) is 0 Å². The van der Waals surface area contributed by atoms with Gasteiger partial charge in [0.1, 0.15) is 0 Å². The minimum absolute atomic E-state index is 0.0915. The molecule has 0 aliphatic heterocycles. The van der Waals surface area contributed by atoms with Gasteiger partial charge in [0.05, 0.1) is 12.2 Å². The fourth-order valence-corrected chi connectivity index (χ4v) is 3.94. The summed E-state index contributed by atoms with van der Waals surface area (Å²) < 4.78 is 7.66. The Hall–Kier alpha value is -3.14. The minimum atomic E-state index is -0.363. The highest BCUT2D eigenvalue weighted by molar-refractivity contribution is 6.09. The lowest BCUT2D eigenvalue weighted by Crippen LogP contribution is -2.08. The van der Waals surface area contributed by atoms with E-state index in [9.17, 15) is 9.59 Å². The average Bonchev–Trinajstić information content (AvgIpc) is 3.38. The summed E-state index contributed by atoms with van der Waals surface area (Å²) in [6.07, 6.45) is 15.1.